The molecule has 1 aromatic carbocycles. The first-order valence-electron chi connectivity index (χ1n) is 5.15. The maximum atomic E-state index is 13.2. The highest BCUT2D eigenvalue weighted by Gasteiger charge is 2.35. The number of alkyl halides is 3. The molecular weight excluding hydrogens is 248 g/mol. The fourth-order valence-corrected chi connectivity index (χ4v) is 1.89. The summed E-state index contributed by atoms with van der Waals surface area (Å²) in [6.45, 7) is 2.72. The zero-order chi connectivity index (χ0) is 13.7. The van der Waals surface area contributed by atoms with Gasteiger partial charge in [0.25, 0.3) is 0 Å². The number of benzene rings is 1. The summed E-state index contributed by atoms with van der Waals surface area (Å²) in [6.07, 6.45) is -4.58. The molecule has 0 atom stereocenters. The van der Waals surface area contributed by atoms with Gasteiger partial charge in [-0.1, -0.05) is 0 Å². The normalized spacial score (nSPS) is 12.1. The van der Waals surface area contributed by atoms with Crippen LogP contribution in [0.1, 0.15) is 16.8 Å². The van der Waals surface area contributed by atoms with Gasteiger partial charge in [0.05, 0.1) is 5.52 Å². The molecule has 1 heterocycles. The Kier molecular flexibility index (Phi) is 2.68. The quantitative estimate of drug-likeness (QED) is 0.733. The average Bonchev–Trinajstić information content (AvgIpc) is 2.22. The van der Waals surface area contributed by atoms with Gasteiger partial charge in [0.1, 0.15) is 11.5 Å². The van der Waals surface area contributed by atoms with E-state index in [1.54, 1.807) is 0 Å². The lowest BCUT2D eigenvalue weighted by atomic mass is 10.0. The summed E-state index contributed by atoms with van der Waals surface area (Å²) >= 11 is 0. The minimum absolute atomic E-state index is 0.0758. The topological polar surface area (TPSA) is 38.9 Å². The first-order valence-corrected chi connectivity index (χ1v) is 5.15. The summed E-state index contributed by atoms with van der Waals surface area (Å²) in [5, 5.41) is 0.206. The molecule has 0 amide bonds. The molecule has 0 unspecified atom stereocenters. The summed E-state index contributed by atoms with van der Waals surface area (Å²) in [4.78, 5) is 3.58. The highest BCUT2D eigenvalue weighted by Crippen LogP contribution is 2.36. The zero-order valence-corrected chi connectivity index (χ0v) is 9.69. The molecule has 2 N–H and O–H groups in total. The Balaban J connectivity index is 2.93. The summed E-state index contributed by atoms with van der Waals surface area (Å²) in [7, 11) is 0. The zero-order valence-electron chi connectivity index (χ0n) is 9.69. The number of aryl methyl sites for hydroxylation is 1. The van der Waals surface area contributed by atoms with Gasteiger partial charge in [-0.25, -0.2) is 9.37 Å². The van der Waals surface area contributed by atoms with Crippen molar-refractivity contribution in [3.8, 4) is 0 Å². The van der Waals surface area contributed by atoms with Crippen LogP contribution >= 0.6 is 0 Å². The maximum Gasteiger partial charge on any atom is 0.433 e. The monoisotopic (exact) mass is 258 g/mol. The first-order chi connectivity index (χ1) is 8.21. The molecule has 1 aromatic heterocycles. The van der Waals surface area contributed by atoms with Crippen molar-refractivity contribution in [1.29, 1.82) is 0 Å². The van der Waals surface area contributed by atoms with Gasteiger partial charge in [0, 0.05) is 16.6 Å². The Morgan fingerprint density at radius 2 is 1.78 bits per heavy atom. The van der Waals surface area contributed by atoms with Crippen LogP contribution in [-0.2, 0) is 6.18 Å². The van der Waals surface area contributed by atoms with E-state index in [1.165, 1.54) is 13.8 Å². The Morgan fingerprint density at radius 3 is 2.33 bits per heavy atom. The third kappa shape index (κ3) is 1.87. The summed E-state index contributed by atoms with van der Waals surface area (Å²) in [6, 6.07) is 2.22. The number of aromatic nitrogens is 1. The lowest BCUT2D eigenvalue weighted by Gasteiger charge is -2.14. The van der Waals surface area contributed by atoms with E-state index >= 15 is 0 Å². The molecule has 96 valence electrons. The van der Waals surface area contributed by atoms with E-state index in [-0.39, 0.29) is 22.2 Å². The third-order valence-electron chi connectivity index (χ3n) is 2.81. The van der Waals surface area contributed by atoms with Crippen molar-refractivity contribution in [1.82, 2.24) is 4.98 Å². The summed E-state index contributed by atoms with van der Waals surface area (Å²) < 4.78 is 51.6. The molecule has 2 rings (SSSR count). The van der Waals surface area contributed by atoms with Crippen molar-refractivity contribution in [2.24, 2.45) is 0 Å². The van der Waals surface area contributed by atoms with Gasteiger partial charge in [-0.05, 0) is 31.5 Å². The van der Waals surface area contributed by atoms with Crippen molar-refractivity contribution in [2.45, 2.75) is 20.0 Å². The minimum atomic E-state index is -4.58. The van der Waals surface area contributed by atoms with Crippen molar-refractivity contribution in [2.75, 3.05) is 5.73 Å². The van der Waals surface area contributed by atoms with Crippen LogP contribution in [0.3, 0.4) is 0 Å². The molecule has 2 nitrogen and oxygen atoms in total. The molecule has 0 aliphatic carbocycles. The molecule has 0 fully saturated rings. The molecular formula is C12H10F4N2. The second-order valence-electron chi connectivity index (χ2n) is 4.12. The number of fused-ring (bicyclic) bond motifs is 1. The Hall–Kier alpha value is -1.85. The first kappa shape index (κ1) is 12.6. The molecule has 2 aromatic rings. The van der Waals surface area contributed by atoms with E-state index in [9.17, 15) is 17.6 Å². The highest BCUT2D eigenvalue weighted by molar-refractivity contribution is 5.94. The lowest BCUT2D eigenvalue weighted by Crippen LogP contribution is -2.13. The summed E-state index contributed by atoms with van der Waals surface area (Å²) in [5.41, 5.74) is 4.75. The smallest absolute Gasteiger partial charge is 0.398 e. The number of hydrogen-bond acceptors (Lipinski definition) is 2. The van der Waals surface area contributed by atoms with E-state index in [1.807, 2.05) is 0 Å². The van der Waals surface area contributed by atoms with Crippen molar-refractivity contribution in [3.63, 3.8) is 0 Å². The molecule has 0 radical (unpaired) electrons. The highest BCUT2D eigenvalue weighted by atomic mass is 19.4. The number of hydrogen-bond donors (Lipinski definition) is 1. The Morgan fingerprint density at radius 1 is 1.17 bits per heavy atom. The Bertz CT molecular complexity index is 632. The Labute approximate surface area is 100 Å². The van der Waals surface area contributed by atoms with Gasteiger partial charge in [0.15, 0.2) is 0 Å². The predicted molar refractivity (Wildman–Crippen MR) is 60.6 cm³/mol. The number of pyridine rings is 1. The van der Waals surface area contributed by atoms with E-state index in [0.717, 1.165) is 12.1 Å². The molecule has 6 heteroatoms. The number of anilines is 1. The number of halogens is 4. The SMILES string of the molecule is Cc1c(C(F)(F)F)nc2c(C)cc(F)cc2c1N. The largest absolute Gasteiger partial charge is 0.433 e. The van der Waals surface area contributed by atoms with E-state index < -0.39 is 17.7 Å². The van der Waals surface area contributed by atoms with E-state index in [4.69, 9.17) is 5.73 Å². The molecule has 0 aliphatic heterocycles. The lowest BCUT2D eigenvalue weighted by molar-refractivity contribution is -0.141. The van der Waals surface area contributed by atoms with Gasteiger partial charge >= 0.3 is 6.18 Å². The number of nitrogen functional groups attached to an aromatic ring is 1. The van der Waals surface area contributed by atoms with E-state index in [0.29, 0.717) is 5.56 Å². The van der Waals surface area contributed by atoms with Crippen LogP contribution in [0, 0.1) is 19.7 Å². The van der Waals surface area contributed by atoms with Crippen molar-refractivity contribution < 1.29 is 17.6 Å². The van der Waals surface area contributed by atoms with E-state index in [2.05, 4.69) is 4.98 Å². The molecule has 0 bridgehead atoms. The van der Waals surface area contributed by atoms with Crippen LogP contribution < -0.4 is 5.73 Å². The van der Waals surface area contributed by atoms with Gasteiger partial charge in [-0.2, -0.15) is 13.2 Å². The maximum absolute atomic E-state index is 13.2. The molecule has 0 aliphatic rings. The number of nitrogens with two attached hydrogens (primary N) is 1. The van der Waals surface area contributed by atoms with Gasteiger partial charge in [0.2, 0.25) is 0 Å². The molecule has 0 saturated carbocycles. The predicted octanol–water partition coefficient (Wildman–Crippen LogP) is 3.59. The fraction of sp³-hybridized carbons (Fsp3) is 0.250. The molecule has 0 saturated heterocycles. The second kappa shape index (κ2) is 3.83. The van der Waals surface area contributed by atoms with Crippen LogP contribution in [-0.4, -0.2) is 4.98 Å². The van der Waals surface area contributed by atoms with Gasteiger partial charge in [-0.3, -0.25) is 0 Å². The average molecular weight is 258 g/mol. The number of nitrogens with zero attached hydrogens (tertiary/aromatic N) is 1. The van der Waals surface area contributed by atoms with Crippen LogP contribution in [0.5, 0.6) is 0 Å². The summed E-state index contributed by atoms with van der Waals surface area (Å²) in [5.74, 6) is -0.548. The van der Waals surface area contributed by atoms with Gasteiger partial charge < -0.3 is 5.73 Å². The molecule has 0 spiro atoms. The third-order valence-corrected chi connectivity index (χ3v) is 2.81. The second-order valence-corrected chi connectivity index (χ2v) is 4.12. The van der Waals surface area contributed by atoms with Crippen LogP contribution in [0.4, 0.5) is 23.2 Å². The standard InChI is InChI=1S/C12H10F4N2/c1-5-3-7(13)4-8-9(17)6(2)11(12(14,15)16)18-10(5)8/h3-4H,1-2H3,(H2,17,18). The minimum Gasteiger partial charge on any atom is -0.398 e. The van der Waals surface area contributed by atoms with Crippen LogP contribution in [0.2, 0.25) is 0 Å². The number of rotatable bonds is 0. The van der Waals surface area contributed by atoms with Gasteiger partial charge in [-0.15, -0.1) is 0 Å². The fourth-order valence-electron chi connectivity index (χ4n) is 1.89. The van der Waals surface area contributed by atoms with Crippen molar-refractivity contribution in [3.05, 3.63) is 34.8 Å². The van der Waals surface area contributed by atoms with Crippen LogP contribution in [0.25, 0.3) is 10.9 Å². The van der Waals surface area contributed by atoms with Crippen molar-refractivity contribution >= 4 is 16.6 Å². The van der Waals surface area contributed by atoms with Crippen LogP contribution in [0.15, 0.2) is 12.1 Å². The molecule has 18 heavy (non-hydrogen) atoms.